The maximum absolute atomic E-state index is 11.0. The van der Waals surface area contributed by atoms with Crippen LogP contribution < -0.4 is 5.14 Å². The minimum atomic E-state index is -3.14. The van der Waals surface area contributed by atoms with Crippen LogP contribution in [-0.2, 0) is 4.79 Å². The molecule has 0 aromatic carbocycles. The first-order valence-corrected chi connectivity index (χ1v) is 5.08. The highest BCUT2D eigenvalue weighted by atomic mass is 32.3. The normalized spacial score (nSPS) is 19.4. The second kappa shape index (κ2) is 2.98. The van der Waals surface area contributed by atoms with Crippen molar-refractivity contribution in [1.29, 1.82) is 0 Å². The highest BCUT2D eigenvalue weighted by Gasteiger charge is 2.23. The van der Waals surface area contributed by atoms with Gasteiger partial charge < -0.3 is 4.90 Å². The summed E-state index contributed by atoms with van der Waals surface area (Å²) in [5, 5.41) is 4.90. The summed E-state index contributed by atoms with van der Waals surface area (Å²) in [5.41, 5.74) is 0. The molecule has 1 aliphatic rings. The third kappa shape index (κ3) is 2.66. The van der Waals surface area contributed by atoms with Gasteiger partial charge in [0.1, 0.15) is 5.75 Å². The van der Waals surface area contributed by atoms with E-state index in [-0.39, 0.29) is 11.7 Å². The minimum absolute atomic E-state index is 0.265. The third-order valence-electron chi connectivity index (χ3n) is 1.54. The molecule has 6 heteroatoms. The molecule has 1 heterocycles. The van der Waals surface area contributed by atoms with Gasteiger partial charge in [0.15, 0.2) is 0 Å². The Hall–Kier alpha value is -0.300. The Bertz CT molecular complexity index is 164. The zero-order valence-electron chi connectivity index (χ0n) is 6.06. The van der Waals surface area contributed by atoms with Crippen LogP contribution >= 0.6 is 10.8 Å². The molecule has 0 spiro atoms. The zero-order valence-corrected chi connectivity index (χ0v) is 6.88. The Balaban J connectivity index is 2.31. The standard InChI is InChI=1S/C5H12N2O3S/c6-11(9,10)4-5(8)7-2-1-3-7/h9-10H,1-4,6H2. The second-order valence-corrected chi connectivity index (χ2v) is 4.32. The van der Waals surface area contributed by atoms with E-state index in [2.05, 4.69) is 0 Å². The summed E-state index contributed by atoms with van der Waals surface area (Å²) in [6.07, 6.45) is 0.996. The highest BCUT2D eigenvalue weighted by molar-refractivity contribution is 8.22. The number of carbonyl (C=O) groups is 1. The Labute approximate surface area is 66.7 Å². The van der Waals surface area contributed by atoms with Crippen LogP contribution in [0.25, 0.3) is 0 Å². The molecule has 1 aliphatic heterocycles. The number of hydrogen-bond acceptors (Lipinski definition) is 4. The maximum Gasteiger partial charge on any atom is 0.243 e. The molecule has 11 heavy (non-hydrogen) atoms. The van der Waals surface area contributed by atoms with Crippen LogP contribution in [0.4, 0.5) is 0 Å². The third-order valence-corrected chi connectivity index (χ3v) is 2.22. The van der Waals surface area contributed by atoms with Crippen LogP contribution in [0.3, 0.4) is 0 Å². The fourth-order valence-corrected chi connectivity index (χ4v) is 1.38. The van der Waals surface area contributed by atoms with Gasteiger partial charge in [0, 0.05) is 13.1 Å². The lowest BCUT2D eigenvalue weighted by Crippen LogP contribution is -2.44. The lowest BCUT2D eigenvalue weighted by atomic mass is 10.2. The topological polar surface area (TPSA) is 86.8 Å². The SMILES string of the molecule is NS(O)(O)CC(=O)N1CCC1. The van der Waals surface area contributed by atoms with E-state index in [0.717, 1.165) is 6.42 Å². The van der Waals surface area contributed by atoms with Crippen molar-refractivity contribution in [3.05, 3.63) is 0 Å². The molecule has 1 rings (SSSR count). The van der Waals surface area contributed by atoms with Crippen LogP contribution in [0.15, 0.2) is 0 Å². The van der Waals surface area contributed by atoms with Crippen LogP contribution in [0, 0.1) is 0 Å². The van der Waals surface area contributed by atoms with Crippen LogP contribution in [0.2, 0.25) is 0 Å². The minimum Gasteiger partial charge on any atom is -0.341 e. The van der Waals surface area contributed by atoms with Gasteiger partial charge in [-0.1, -0.05) is 0 Å². The molecule has 1 saturated heterocycles. The van der Waals surface area contributed by atoms with Crippen molar-refractivity contribution in [3.8, 4) is 0 Å². The molecule has 0 radical (unpaired) electrons. The van der Waals surface area contributed by atoms with Gasteiger partial charge in [-0.05, 0) is 6.42 Å². The van der Waals surface area contributed by atoms with E-state index >= 15 is 0 Å². The summed E-state index contributed by atoms with van der Waals surface area (Å²) >= 11 is 0. The average molecular weight is 180 g/mol. The van der Waals surface area contributed by atoms with E-state index in [1.165, 1.54) is 0 Å². The van der Waals surface area contributed by atoms with Gasteiger partial charge in [-0.2, -0.15) is 0 Å². The molecular formula is C5H12N2O3S. The fraction of sp³-hybridized carbons (Fsp3) is 0.800. The van der Waals surface area contributed by atoms with Crippen LogP contribution in [0.1, 0.15) is 6.42 Å². The number of nitrogens with zero attached hydrogens (tertiary/aromatic N) is 1. The van der Waals surface area contributed by atoms with E-state index in [1.54, 1.807) is 4.90 Å². The Kier molecular flexibility index (Phi) is 2.38. The van der Waals surface area contributed by atoms with Crippen LogP contribution in [-0.4, -0.2) is 38.8 Å². The number of amides is 1. The predicted molar refractivity (Wildman–Crippen MR) is 43.1 cm³/mol. The Morgan fingerprint density at radius 2 is 2.09 bits per heavy atom. The molecule has 66 valence electrons. The fourth-order valence-electron chi connectivity index (χ4n) is 0.839. The smallest absolute Gasteiger partial charge is 0.243 e. The Morgan fingerprint density at radius 3 is 2.36 bits per heavy atom. The van der Waals surface area contributed by atoms with Crippen molar-refractivity contribution >= 4 is 16.7 Å². The van der Waals surface area contributed by atoms with E-state index in [0.29, 0.717) is 13.1 Å². The summed E-state index contributed by atoms with van der Waals surface area (Å²) in [4.78, 5) is 12.5. The first-order valence-electron chi connectivity index (χ1n) is 3.30. The van der Waals surface area contributed by atoms with Gasteiger partial charge in [0.2, 0.25) is 5.91 Å². The molecule has 1 fully saturated rings. The molecule has 0 saturated carbocycles. The molecule has 0 aromatic rings. The van der Waals surface area contributed by atoms with Gasteiger partial charge in [-0.25, -0.2) is 5.14 Å². The van der Waals surface area contributed by atoms with E-state index in [1.807, 2.05) is 0 Å². The van der Waals surface area contributed by atoms with Crippen molar-refractivity contribution in [2.75, 3.05) is 18.8 Å². The van der Waals surface area contributed by atoms with Gasteiger partial charge in [-0.3, -0.25) is 13.9 Å². The summed E-state index contributed by atoms with van der Waals surface area (Å²) < 4.78 is 17.5. The summed E-state index contributed by atoms with van der Waals surface area (Å²) in [5.74, 6) is -0.605. The highest BCUT2D eigenvalue weighted by Crippen LogP contribution is 2.28. The first kappa shape index (κ1) is 8.79. The maximum atomic E-state index is 11.0. The molecule has 5 nitrogen and oxygen atoms in total. The quantitative estimate of drug-likeness (QED) is 0.551. The monoisotopic (exact) mass is 180 g/mol. The molecule has 4 N–H and O–H groups in total. The first-order chi connectivity index (χ1) is 4.99. The predicted octanol–water partition coefficient (Wildman–Crippen LogP) is -0.157. The number of likely N-dealkylation sites (tertiary alicyclic amines) is 1. The van der Waals surface area contributed by atoms with Crippen molar-refractivity contribution in [2.24, 2.45) is 5.14 Å². The molecular weight excluding hydrogens is 168 g/mol. The molecule has 0 bridgehead atoms. The summed E-state index contributed by atoms with van der Waals surface area (Å²) in [7, 11) is -3.14. The van der Waals surface area contributed by atoms with Gasteiger partial charge >= 0.3 is 0 Å². The molecule has 0 atom stereocenters. The van der Waals surface area contributed by atoms with Crippen molar-refractivity contribution in [1.82, 2.24) is 4.90 Å². The van der Waals surface area contributed by atoms with Crippen molar-refractivity contribution in [3.63, 3.8) is 0 Å². The lowest BCUT2D eigenvalue weighted by Gasteiger charge is -2.34. The average Bonchev–Trinajstić information content (AvgIpc) is 1.50. The molecule has 0 unspecified atom stereocenters. The second-order valence-electron chi connectivity index (χ2n) is 2.60. The van der Waals surface area contributed by atoms with Gasteiger partial charge in [0.25, 0.3) is 0 Å². The van der Waals surface area contributed by atoms with Gasteiger partial charge in [-0.15, -0.1) is 10.8 Å². The number of hydrogen-bond donors (Lipinski definition) is 3. The van der Waals surface area contributed by atoms with Crippen molar-refractivity contribution in [2.45, 2.75) is 6.42 Å². The largest absolute Gasteiger partial charge is 0.341 e. The Morgan fingerprint density at radius 1 is 1.55 bits per heavy atom. The van der Waals surface area contributed by atoms with E-state index in [4.69, 9.17) is 14.2 Å². The molecule has 0 aliphatic carbocycles. The van der Waals surface area contributed by atoms with E-state index < -0.39 is 10.8 Å². The van der Waals surface area contributed by atoms with Gasteiger partial charge in [0.05, 0.1) is 0 Å². The number of carbonyl (C=O) groups excluding carboxylic acids is 1. The lowest BCUT2D eigenvalue weighted by molar-refractivity contribution is -0.131. The van der Waals surface area contributed by atoms with Crippen LogP contribution in [0.5, 0.6) is 0 Å². The molecule has 1 amide bonds. The number of nitrogens with two attached hydrogens (primary N) is 1. The van der Waals surface area contributed by atoms with E-state index in [9.17, 15) is 4.79 Å². The number of rotatable bonds is 2. The zero-order chi connectivity index (χ0) is 8.48. The summed E-state index contributed by atoms with van der Waals surface area (Å²) in [6.45, 7) is 1.43. The summed E-state index contributed by atoms with van der Waals surface area (Å²) in [6, 6.07) is 0. The molecule has 0 aromatic heterocycles. The van der Waals surface area contributed by atoms with Crippen molar-refractivity contribution < 1.29 is 13.9 Å².